The molecule has 0 saturated carbocycles. The summed E-state index contributed by atoms with van der Waals surface area (Å²) in [6.45, 7) is 7.99. The van der Waals surface area contributed by atoms with Crippen molar-refractivity contribution in [2.24, 2.45) is 0 Å². The van der Waals surface area contributed by atoms with Gasteiger partial charge >= 0.3 is 5.69 Å². The van der Waals surface area contributed by atoms with Gasteiger partial charge in [0.2, 0.25) is 5.91 Å². The van der Waals surface area contributed by atoms with Crippen molar-refractivity contribution >= 4 is 17.3 Å². The number of nitro benzene ring substituents is 1. The number of phenols is 1. The first-order chi connectivity index (χ1) is 16.4. The molecule has 1 amide bonds. The molecular formula is C25H32N4O5. The number of nitro groups is 1. The number of nitrogens with zero attached hydrogens (tertiary/aromatic N) is 4. The van der Waals surface area contributed by atoms with Crippen LogP contribution in [0, 0.1) is 17.0 Å². The zero-order chi connectivity index (χ0) is 24.1. The van der Waals surface area contributed by atoms with E-state index in [-0.39, 0.29) is 17.7 Å². The number of ether oxygens (including phenoxy) is 1. The van der Waals surface area contributed by atoms with Gasteiger partial charge in [0.15, 0.2) is 5.75 Å². The second-order valence-electron chi connectivity index (χ2n) is 9.02. The molecule has 34 heavy (non-hydrogen) atoms. The fourth-order valence-electron chi connectivity index (χ4n) is 4.54. The maximum absolute atomic E-state index is 12.7. The van der Waals surface area contributed by atoms with Gasteiger partial charge in [-0.05, 0) is 25.1 Å². The minimum absolute atomic E-state index is 0.0836. The van der Waals surface area contributed by atoms with Crippen LogP contribution in [0.1, 0.15) is 24.8 Å². The Labute approximate surface area is 199 Å². The number of hydrogen-bond acceptors (Lipinski definition) is 7. The predicted molar refractivity (Wildman–Crippen MR) is 129 cm³/mol. The summed E-state index contributed by atoms with van der Waals surface area (Å²) in [5, 5.41) is 20.6. The molecule has 0 spiro atoms. The molecule has 0 aromatic heterocycles. The van der Waals surface area contributed by atoms with E-state index in [2.05, 4.69) is 41.0 Å². The van der Waals surface area contributed by atoms with E-state index in [1.165, 1.54) is 29.4 Å². The van der Waals surface area contributed by atoms with E-state index >= 15 is 0 Å². The number of carbonyl (C=O) groups excluding carboxylic acids is 1. The van der Waals surface area contributed by atoms with Gasteiger partial charge in [0.05, 0.1) is 4.92 Å². The molecule has 1 N–H and O–H groups in total. The van der Waals surface area contributed by atoms with Gasteiger partial charge in [-0.15, -0.1) is 0 Å². The number of benzene rings is 2. The molecule has 2 aromatic carbocycles. The number of aryl methyl sites for hydroxylation is 1. The first-order valence-electron chi connectivity index (χ1n) is 11.8. The topological polar surface area (TPSA) is 99.4 Å². The molecule has 0 aliphatic carbocycles. The van der Waals surface area contributed by atoms with Gasteiger partial charge in [0, 0.05) is 82.9 Å². The van der Waals surface area contributed by atoms with E-state index in [1.807, 2.05) is 4.90 Å². The third-order valence-electron chi connectivity index (χ3n) is 6.65. The Morgan fingerprint density at radius 1 is 1.06 bits per heavy atom. The summed E-state index contributed by atoms with van der Waals surface area (Å²) in [6.07, 6.45) is 1.82. The van der Waals surface area contributed by atoms with Crippen molar-refractivity contribution in [1.82, 2.24) is 9.80 Å². The Morgan fingerprint density at radius 2 is 1.74 bits per heavy atom. The molecule has 0 atom stereocenters. The molecular weight excluding hydrogens is 436 g/mol. The van der Waals surface area contributed by atoms with Crippen LogP contribution >= 0.6 is 0 Å². The predicted octanol–water partition coefficient (Wildman–Crippen LogP) is 3.19. The molecule has 2 aliphatic heterocycles. The second kappa shape index (κ2) is 10.7. The number of carbonyl (C=O) groups is 1. The standard InChI is InChI=1S/C25H32N4O5/c1-19-2-4-20(5-3-19)27-16-14-26(15-17-27)11-10-25(31)28-12-8-21(9-13-28)34-22-6-7-23(29(32)33)24(30)18-22/h2-7,18,21,30H,8-17H2,1H3. The maximum atomic E-state index is 12.7. The van der Waals surface area contributed by atoms with Gasteiger partial charge in [-0.2, -0.15) is 0 Å². The highest BCUT2D eigenvalue weighted by atomic mass is 16.6. The summed E-state index contributed by atoms with van der Waals surface area (Å²) in [5.41, 5.74) is 2.18. The van der Waals surface area contributed by atoms with Crippen LogP contribution in [-0.2, 0) is 4.79 Å². The van der Waals surface area contributed by atoms with Crippen LogP contribution in [-0.4, -0.2) is 77.7 Å². The van der Waals surface area contributed by atoms with Crippen LogP contribution in [0.2, 0.25) is 0 Å². The lowest BCUT2D eigenvalue weighted by Crippen LogP contribution is -2.48. The number of piperidine rings is 1. The molecule has 2 saturated heterocycles. The van der Waals surface area contributed by atoms with Gasteiger partial charge in [-0.3, -0.25) is 19.8 Å². The Morgan fingerprint density at radius 3 is 2.35 bits per heavy atom. The summed E-state index contributed by atoms with van der Waals surface area (Å²) in [7, 11) is 0. The third kappa shape index (κ3) is 5.96. The Balaban J connectivity index is 1.16. The van der Waals surface area contributed by atoms with E-state index in [4.69, 9.17) is 4.74 Å². The van der Waals surface area contributed by atoms with Crippen molar-refractivity contribution < 1.29 is 19.6 Å². The summed E-state index contributed by atoms with van der Waals surface area (Å²) >= 11 is 0. The molecule has 0 bridgehead atoms. The summed E-state index contributed by atoms with van der Waals surface area (Å²) in [5.74, 6) is 0.167. The highest BCUT2D eigenvalue weighted by Gasteiger charge is 2.25. The molecule has 4 rings (SSSR count). The van der Waals surface area contributed by atoms with Gasteiger partial charge in [-0.25, -0.2) is 0 Å². The van der Waals surface area contributed by atoms with Crippen molar-refractivity contribution in [2.45, 2.75) is 32.3 Å². The highest BCUT2D eigenvalue weighted by molar-refractivity contribution is 5.76. The molecule has 9 nitrogen and oxygen atoms in total. The van der Waals surface area contributed by atoms with Crippen LogP contribution in [0.4, 0.5) is 11.4 Å². The minimum atomic E-state index is -0.632. The smallest absolute Gasteiger partial charge is 0.310 e. The Hall–Kier alpha value is -3.33. The normalized spacial score (nSPS) is 17.6. The van der Waals surface area contributed by atoms with Crippen molar-refractivity contribution in [1.29, 1.82) is 0 Å². The first kappa shape index (κ1) is 23.8. The van der Waals surface area contributed by atoms with E-state index in [9.17, 15) is 20.0 Å². The fourth-order valence-corrected chi connectivity index (χ4v) is 4.54. The molecule has 2 aromatic rings. The molecule has 9 heteroatoms. The monoisotopic (exact) mass is 468 g/mol. The average Bonchev–Trinajstić information content (AvgIpc) is 2.84. The van der Waals surface area contributed by atoms with Gasteiger partial charge in [0.25, 0.3) is 0 Å². The van der Waals surface area contributed by atoms with Gasteiger partial charge in [-0.1, -0.05) is 17.7 Å². The molecule has 182 valence electrons. The number of rotatable bonds is 7. The SMILES string of the molecule is Cc1ccc(N2CCN(CCC(=O)N3CCC(Oc4ccc([N+](=O)[O-])c(O)c4)CC3)CC2)cc1. The number of hydrogen-bond donors (Lipinski definition) is 1. The summed E-state index contributed by atoms with van der Waals surface area (Å²) in [6, 6.07) is 12.6. The van der Waals surface area contributed by atoms with Crippen molar-refractivity contribution in [3.63, 3.8) is 0 Å². The van der Waals surface area contributed by atoms with E-state index in [0.29, 0.717) is 38.1 Å². The summed E-state index contributed by atoms with van der Waals surface area (Å²) < 4.78 is 5.87. The number of anilines is 1. The van der Waals surface area contributed by atoms with E-state index in [0.717, 1.165) is 32.7 Å². The molecule has 0 radical (unpaired) electrons. The Bertz CT molecular complexity index is 997. The van der Waals surface area contributed by atoms with Crippen molar-refractivity contribution in [3.8, 4) is 11.5 Å². The van der Waals surface area contributed by atoms with E-state index in [1.54, 1.807) is 0 Å². The fraction of sp³-hybridized carbons (Fsp3) is 0.480. The lowest BCUT2D eigenvalue weighted by atomic mass is 10.1. The van der Waals surface area contributed by atoms with E-state index < -0.39 is 10.7 Å². The number of amides is 1. The zero-order valence-corrected chi connectivity index (χ0v) is 19.6. The molecule has 2 fully saturated rings. The lowest BCUT2D eigenvalue weighted by Gasteiger charge is -2.37. The number of phenolic OH excluding ortho intramolecular Hbond substituents is 1. The highest BCUT2D eigenvalue weighted by Crippen LogP contribution is 2.31. The van der Waals surface area contributed by atoms with Crippen LogP contribution in [0.25, 0.3) is 0 Å². The molecule has 0 unspecified atom stereocenters. The second-order valence-corrected chi connectivity index (χ2v) is 9.02. The number of piperazine rings is 1. The Kier molecular flexibility index (Phi) is 7.52. The number of aromatic hydroxyl groups is 1. The maximum Gasteiger partial charge on any atom is 0.310 e. The van der Waals surface area contributed by atoms with Gasteiger partial charge < -0.3 is 19.6 Å². The van der Waals surface area contributed by atoms with Crippen LogP contribution in [0.3, 0.4) is 0 Å². The summed E-state index contributed by atoms with van der Waals surface area (Å²) in [4.78, 5) is 29.6. The van der Waals surface area contributed by atoms with Crippen molar-refractivity contribution in [3.05, 3.63) is 58.1 Å². The lowest BCUT2D eigenvalue weighted by molar-refractivity contribution is -0.385. The largest absolute Gasteiger partial charge is 0.502 e. The minimum Gasteiger partial charge on any atom is -0.502 e. The van der Waals surface area contributed by atoms with Crippen molar-refractivity contribution in [2.75, 3.05) is 50.7 Å². The number of likely N-dealkylation sites (tertiary alicyclic amines) is 1. The first-order valence-corrected chi connectivity index (χ1v) is 11.8. The average molecular weight is 469 g/mol. The molecule has 2 aliphatic rings. The quantitative estimate of drug-likeness (QED) is 0.492. The zero-order valence-electron chi connectivity index (χ0n) is 19.6. The van der Waals surface area contributed by atoms with Crippen LogP contribution < -0.4 is 9.64 Å². The van der Waals surface area contributed by atoms with Gasteiger partial charge in [0.1, 0.15) is 11.9 Å². The van der Waals surface area contributed by atoms with Crippen LogP contribution in [0.5, 0.6) is 11.5 Å². The third-order valence-corrected chi connectivity index (χ3v) is 6.65. The molecule has 2 heterocycles. The van der Waals surface area contributed by atoms with Crippen LogP contribution in [0.15, 0.2) is 42.5 Å².